The third kappa shape index (κ3) is 2.62. The van der Waals surface area contributed by atoms with Crippen molar-refractivity contribution in [1.82, 2.24) is 0 Å². The third-order valence-electron chi connectivity index (χ3n) is 2.12. The number of carbonyl (C=O) groups is 1. The SMILES string of the molecule is COc1ccc(Cl)cc1/C=C1/SC(N)=NC1=O. The van der Waals surface area contributed by atoms with E-state index in [2.05, 4.69) is 4.99 Å². The lowest BCUT2D eigenvalue weighted by molar-refractivity contribution is -0.113. The van der Waals surface area contributed by atoms with E-state index in [0.29, 0.717) is 15.7 Å². The zero-order valence-electron chi connectivity index (χ0n) is 8.94. The number of amides is 1. The molecule has 1 aliphatic rings. The maximum Gasteiger partial charge on any atom is 0.286 e. The number of ether oxygens (including phenoxy) is 1. The summed E-state index contributed by atoms with van der Waals surface area (Å²) in [7, 11) is 1.56. The number of aliphatic imine (C=N–C) groups is 1. The Labute approximate surface area is 107 Å². The van der Waals surface area contributed by atoms with Crippen LogP contribution in [0.25, 0.3) is 6.08 Å². The van der Waals surface area contributed by atoms with Crippen LogP contribution >= 0.6 is 23.4 Å². The Morgan fingerprint density at radius 1 is 1.53 bits per heavy atom. The molecule has 0 aromatic heterocycles. The third-order valence-corrected chi connectivity index (χ3v) is 3.16. The van der Waals surface area contributed by atoms with Crippen molar-refractivity contribution >= 4 is 40.5 Å². The Morgan fingerprint density at radius 3 is 2.88 bits per heavy atom. The topological polar surface area (TPSA) is 64.7 Å². The molecular formula is C11H9ClN2O2S. The van der Waals surface area contributed by atoms with Gasteiger partial charge in [-0.25, -0.2) is 0 Å². The standard InChI is InChI=1S/C11H9ClN2O2S/c1-16-8-3-2-7(12)4-6(8)5-9-10(15)14-11(13)17-9/h2-5H,1H3,(H2,13,14,15)/b9-5+. The lowest BCUT2D eigenvalue weighted by Crippen LogP contribution is -2.01. The molecule has 2 rings (SSSR count). The molecule has 0 spiro atoms. The van der Waals surface area contributed by atoms with Gasteiger partial charge in [-0.3, -0.25) is 4.79 Å². The lowest BCUT2D eigenvalue weighted by Gasteiger charge is -2.05. The molecule has 0 unspecified atom stereocenters. The van der Waals surface area contributed by atoms with Crippen molar-refractivity contribution < 1.29 is 9.53 Å². The molecular weight excluding hydrogens is 260 g/mol. The van der Waals surface area contributed by atoms with E-state index in [1.807, 2.05) is 0 Å². The van der Waals surface area contributed by atoms with Crippen LogP contribution in [0.4, 0.5) is 0 Å². The number of thioether (sulfide) groups is 1. The number of hydrogen-bond acceptors (Lipinski definition) is 4. The molecule has 6 heteroatoms. The number of halogens is 1. The normalized spacial score (nSPS) is 17.4. The molecule has 1 aliphatic heterocycles. The maximum absolute atomic E-state index is 11.4. The molecule has 0 radical (unpaired) electrons. The van der Waals surface area contributed by atoms with E-state index >= 15 is 0 Å². The number of amidine groups is 1. The Morgan fingerprint density at radius 2 is 2.29 bits per heavy atom. The zero-order valence-corrected chi connectivity index (χ0v) is 10.5. The Kier molecular flexibility index (Phi) is 3.40. The second-order valence-electron chi connectivity index (χ2n) is 3.25. The zero-order chi connectivity index (χ0) is 12.4. The number of rotatable bonds is 2. The van der Waals surface area contributed by atoms with E-state index in [9.17, 15) is 4.79 Å². The summed E-state index contributed by atoms with van der Waals surface area (Å²) < 4.78 is 5.18. The minimum absolute atomic E-state index is 0.252. The molecule has 2 N–H and O–H groups in total. The van der Waals surface area contributed by atoms with Gasteiger partial charge < -0.3 is 10.5 Å². The Balaban J connectivity index is 2.39. The summed E-state index contributed by atoms with van der Waals surface area (Å²) in [5, 5.41) is 0.823. The van der Waals surface area contributed by atoms with E-state index in [4.69, 9.17) is 22.1 Å². The van der Waals surface area contributed by atoms with Crippen molar-refractivity contribution in [3.8, 4) is 5.75 Å². The van der Waals surface area contributed by atoms with Gasteiger partial charge in [-0.15, -0.1) is 0 Å². The average Bonchev–Trinajstić information content (AvgIpc) is 2.58. The molecule has 1 aromatic carbocycles. The van der Waals surface area contributed by atoms with E-state index in [1.54, 1.807) is 31.4 Å². The van der Waals surface area contributed by atoms with Crippen molar-refractivity contribution in [3.63, 3.8) is 0 Å². The first-order chi connectivity index (χ1) is 8.10. The van der Waals surface area contributed by atoms with Crippen LogP contribution in [0.2, 0.25) is 5.02 Å². The number of nitrogens with two attached hydrogens (primary N) is 1. The molecule has 0 saturated heterocycles. The monoisotopic (exact) mass is 268 g/mol. The molecule has 0 saturated carbocycles. The van der Waals surface area contributed by atoms with Gasteiger partial charge in [0.25, 0.3) is 5.91 Å². The van der Waals surface area contributed by atoms with Crippen LogP contribution in [0.3, 0.4) is 0 Å². The van der Waals surface area contributed by atoms with Crippen LogP contribution in [0, 0.1) is 0 Å². The largest absolute Gasteiger partial charge is 0.496 e. The summed E-state index contributed by atoms with van der Waals surface area (Å²) in [5.41, 5.74) is 6.19. The number of benzene rings is 1. The summed E-state index contributed by atoms with van der Waals surface area (Å²) in [5.74, 6) is 0.301. The fraction of sp³-hybridized carbons (Fsp3) is 0.0909. The van der Waals surface area contributed by atoms with Gasteiger partial charge in [-0.05, 0) is 36.0 Å². The summed E-state index contributed by atoms with van der Waals surface area (Å²) in [4.78, 5) is 15.5. The first-order valence-electron chi connectivity index (χ1n) is 4.71. The summed E-state index contributed by atoms with van der Waals surface area (Å²) in [6.07, 6.45) is 1.67. The van der Waals surface area contributed by atoms with E-state index < -0.39 is 0 Å². The van der Waals surface area contributed by atoms with Crippen LogP contribution in [-0.2, 0) is 4.79 Å². The minimum Gasteiger partial charge on any atom is -0.496 e. The molecule has 0 bridgehead atoms. The smallest absolute Gasteiger partial charge is 0.286 e. The van der Waals surface area contributed by atoms with Crippen LogP contribution in [0.5, 0.6) is 5.75 Å². The fourth-order valence-corrected chi connectivity index (χ4v) is 2.24. The van der Waals surface area contributed by atoms with Gasteiger partial charge in [-0.1, -0.05) is 11.6 Å². The molecule has 0 atom stereocenters. The van der Waals surface area contributed by atoms with Gasteiger partial charge in [-0.2, -0.15) is 4.99 Å². The van der Waals surface area contributed by atoms with Crippen LogP contribution < -0.4 is 10.5 Å². The summed E-state index contributed by atoms with van der Waals surface area (Å²) in [6.45, 7) is 0. The molecule has 1 amide bonds. The summed E-state index contributed by atoms with van der Waals surface area (Å²) >= 11 is 7.03. The minimum atomic E-state index is -0.338. The maximum atomic E-state index is 11.4. The van der Waals surface area contributed by atoms with Gasteiger partial charge in [0.05, 0.1) is 12.0 Å². The quantitative estimate of drug-likeness (QED) is 0.836. The first kappa shape index (κ1) is 12.0. The highest BCUT2D eigenvalue weighted by molar-refractivity contribution is 8.18. The number of hydrogen-bond donors (Lipinski definition) is 1. The second kappa shape index (κ2) is 4.81. The van der Waals surface area contributed by atoms with Gasteiger partial charge in [0, 0.05) is 10.6 Å². The Hall–Kier alpha value is -1.46. The van der Waals surface area contributed by atoms with Crippen molar-refractivity contribution in [3.05, 3.63) is 33.7 Å². The number of carbonyl (C=O) groups excluding carboxylic acids is 1. The highest BCUT2D eigenvalue weighted by Gasteiger charge is 2.20. The van der Waals surface area contributed by atoms with Gasteiger partial charge in [0.2, 0.25) is 0 Å². The van der Waals surface area contributed by atoms with Gasteiger partial charge in [0.15, 0.2) is 5.17 Å². The van der Waals surface area contributed by atoms with E-state index in [0.717, 1.165) is 17.3 Å². The van der Waals surface area contributed by atoms with Crippen molar-refractivity contribution in [2.24, 2.45) is 10.7 Å². The number of methoxy groups -OCH3 is 1. The van der Waals surface area contributed by atoms with Gasteiger partial charge >= 0.3 is 0 Å². The molecule has 0 aliphatic carbocycles. The van der Waals surface area contributed by atoms with Crippen molar-refractivity contribution in [2.45, 2.75) is 0 Å². The summed E-state index contributed by atoms with van der Waals surface area (Å²) in [6, 6.07) is 5.18. The first-order valence-corrected chi connectivity index (χ1v) is 5.91. The van der Waals surface area contributed by atoms with Crippen molar-refractivity contribution in [2.75, 3.05) is 7.11 Å². The fourth-order valence-electron chi connectivity index (χ4n) is 1.38. The van der Waals surface area contributed by atoms with Gasteiger partial charge in [0.1, 0.15) is 5.75 Å². The van der Waals surface area contributed by atoms with Crippen LogP contribution in [0.1, 0.15) is 5.56 Å². The molecule has 88 valence electrons. The average molecular weight is 269 g/mol. The molecule has 4 nitrogen and oxygen atoms in total. The predicted molar refractivity (Wildman–Crippen MR) is 70.2 cm³/mol. The predicted octanol–water partition coefficient (Wildman–Crippen LogP) is 2.28. The number of nitrogens with zero attached hydrogens (tertiary/aromatic N) is 1. The van der Waals surface area contributed by atoms with Crippen LogP contribution in [0.15, 0.2) is 28.1 Å². The van der Waals surface area contributed by atoms with Crippen LogP contribution in [-0.4, -0.2) is 18.2 Å². The van der Waals surface area contributed by atoms with E-state index in [-0.39, 0.29) is 11.1 Å². The lowest BCUT2D eigenvalue weighted by atomic mass is 10.2. The second-order valence-corrected chi connectivity index (χ2v) is 4.75. The van der Waals surface area contributed by atoms with Crippen molar-refractivity contribution in [1.29, 1.82) is 0 Å². The molecule has 1 heterocycles. The van der Waals surface area contributed by atoms with E-state index in [1.165, 1.54) is 0 Å². The molecule has 0 fully saturated rings. The highest BCUT2D eigenvalue weighted by atomic mass is 35.5. The molecule has 1 aromatic rings. The highest BCUT2D eigenvalue weighted by Crippen LogP contribution is 2.30. The Bertz CT molecular complexity index is 540. The molecule has 17 heavy (non-hydrogen) atoms.